The van der Waals surface area contributed by atoms with Crippen LogP contribution in [-0.2, 0) is 28.7 Å². The Labute approximate surface area is 194 Å². The Morgan fingerprint density at radius 2 is 1.55 bits per heavy atom. The minimum Gasteiger partial charge on any atom is -0.370 e. The predicted molar refractivity (Wildman–Crippen MR) is 125 cm³/mol. The van der Waals surface area contributed by atoms with Crippen molar-refractivity contribution in [2.24, 2.45) is 11.5 Å². The molecule has 0 unspecified atom stereocenters. The third kappa shape index (κ3) is 16.4. The number of hydrogen-bond acceptors (Lipinski definition) is 8. The molecule has 0 bridgehead atoms. The molecule has 11 nitrogen and oxygen atoms in total. The fourth-order valence-electron chi connectivity index (χ4n) is 2.34. The van der Waals surface area contributed by atoms with E-state index < -0.39 is 23.8 Å². The molecular formula is C22H37N5O6. The van der Waals surface area contributed by atoms with E-state index in [1.807, 2.05) is 19.9 Å². The second kappa shape index (κ2) is 19.8. The number of benzene rings is 1. The van der Waals surface area contributed by atoms with Crippen molar-refractivity contribution in [1.82, 2.24) is 10.6 Å². The van der Waals surface area contributed by atoms with Crippen LogP contribution in [0.2, 0.25) is 0 Å². The highest BCUT2D eigenvalue weighted by molar-refractivity contribution is 5.98. The molecule has 0 aromatic heterocycles. The average molecular weight is 468 g/mol. The van der Waals surface area contributed by atoms with Gasteiger partial charge in [0.2, 0.25) is 17.7 Å². The lowest BCUT2D eigenvalue weighted by Crippen LogP contribution is -2.44. The van der Waals surface area contributed by atoms with Gasteiger partial charge >= 0.3 is 0 Å². The number of nitrogens with two attached hydrogens (primary N) is 2. The Morgan fingerprint density at radius 3 is 2.21 bits per heavy atom. The molecule has 0 aliphatic carbocycles. The minimum atomic E-state index is -0.774. The molecule has 0 heterocycles. The molecule has 0 spiro atoms. The lowest BCUT2D eigenvalue weighted by molar-refractivity contribution is -0.134. The van der Waals surface area contributed by atoms with Crippen molar-refractivity contribution in [3.8, 4) is 0 Å². The van der Waals surface area contributed by atoms with Crippen molar-refractivity contribution in [3.05, 3.63) is 30.3 Å². The summed E-state index contributed by atoms with van der Waals surface area (Å²) in [6.07, 6.45) is 1.91. The standard InChI is InChI=1S/C20H31N5O6.C2H6/c21-9-5-4-8-16(22)20(29)25-19(28)13-30-11-10-23-17(26)12-31-14-18(27)24-15-6-2-1-3-7-15;1-2/h1-3,6-7,16H,4-5,8-14,21-22H2,(H,23,26)(H,24,27)(H,25,28,29);1-2H3/t16-;/m0./s1. The molecule has 0 aliphatic rings. The third-order valence-electron chi connectivity index (χ3n) is 3.89. The minimum absolute atomic E-state index is 0.0599. The number of carbonyl (C=O) groups is 4. The molecule has 0 fully saturated rings. The van der Waals surface area contributed by atoms with Crippen molar-refractivity contribution in [3.63, 3.8) is 0 Å². The van der Waals surface area contributed by atoms with Gasteiger partial charge in [0.05, 0.1) is 12.6 Å². The summed E-state index contributed by atoms with van der Waals surface area (Å²) in [6.45, 7) is 3.82. The number of anilines is 1. The summed E-state index contributed by atoms with van der Waals surface area (Å²) in [5, 5.41) is 7.30. The molecular weight excluding hydrogens is 430 g/mol. The van der Waals surface area contributed by atoms with E-state index in [2.05, 4.69) is 16.0 Å². The highest BCUT2D eigenvalue weighted by Gasteiger charge is 2.15. The maximum atomic E-state index is 11.7. The van der Waals surface area contributed by atoms with Crippen LogP contribution in [0.25, 0.3) is 0 Å². The smallest absolute Gasteiger partial charge is 0.252 e. The Bertz CT molecular complexity index is 702. The van der Waals surface area contributed by atoms with Crippen LogP contribution < -0.4 is 27.4 Å². The van der Waals surface area contributed by atoms with Gasteiger partial charge in [-0.2, -0.15) is 0 Å². The molecule has 33 heavy (non-hydrogen) atoms. The highest BCUT2D eigenvalue weighted by atomic mass is 16.5. The molecule has 1 atom stereocenters. The predicted octanol–water partition coefficient (Wildman–Crippen LogP) is -0.100. The lowest BCUT2D eigenvalue weighted by atomic mass is 10.1. The fourth-order valence-corrected chi connectivity index (χ4v) is 2.34. The summed E-state index contributed by atoms with van der Waals surface area (Å²) in [6, 6.07) is 8.09. The van der Waals surface area contributed by atoms with E-state index >= 15 is 0 Å². The Hall–Kier alpha value is -2.86. The van der Waals surface area contributed by atoms with Gasteiger partial charge in [-0.1, -0.05) is 38.5 Å². The number of hydrogen-bond donors (Lipinski definition) is 5. The van der Waals surface area contributed by atoms with Gasteiger partial charge in [0.25, 0.3) is 5.91 Å². The van der Waals surface area contributed by atoms with Crippen LogP contribution in [0.5, 0.6) is 0 Å². The zero-order valence-electron chi connectivity index (χ0n) is 19.4. The third-order valence-corrected chi connectivity index (χ3v) is 3.89. The SMILES string of the molecule is CC.NCCCC[C@H](N)C(=O)NC(=O)COCCNC(=O)COCC(=O)Nc1ccccc1. The van der Waals surface area contributed by atoms with Crippen molar-refractivity contribution in [2.75, 3.05) is 44.8 Å². The Morgan fingerprint density at radius 1 is 0.909 bits per heavy atom. The van der Waals surface area contributed by atoms with Gasteiger partial charge < -0.3 is 31.6 Å². The zero-order chi connectivity index (χ0) is 24.9. The molecule has 186 valence electrons. The summed E-state index contributed by atoms with van der Waals surface area (Å²) < 4.78 is 10.1. The second-order valence-electron chi connectivity index (χ2n) is 6.61. The van der Waals surface area contributed by atoms with Crippen LogP contribution in [0.3, 0.4) is 0 Å². The number of imide groups is 1. The molecule has 4 amide bonds. The molecule has 0 saturated carbocycles. The van der Waals surface area contributed by atoms with Crippen LogP contribution in [0.4, 0.5) is 5.69 Å². The van der Waals surface area contributed by atoms with Gasteiger partial charge in [-0.15, -0.1) is 0 Å². The van der Waals surface area contributed by atoms with E-state index in [9.17, 15) is 19.2 Å². The van der Waals surface area contributed by atoms with E-state index in [0.717, 1.165) is 6.42 Å². The number of para-hydroxylation sites is 1. The molecule has 0 radical (unpaired) electrons. The molecule has 11 heteroatoms. The van der Waals surface area contributed by atoms with Crippen molar-refractivity contribution >= 4 is 29.3 Å². The zero-order valence-corrected chi connectivity index (χ0v) is 19.4. The van der Waals surface area contributed by atoms with Gasteiger partial charge in [0.1, 0.15) is 19.8 Å². The molecule has 1 aromatic rings. The number of ether oxygens (including phenoxy) is 2. The van der Waals surface area contributed by atoms with E-state index in [1.165, 1.54) is 0 Å². The van der Waals surface area contributed by atoms with Crippen molar-refractivity contribution < 1.29 is 28.7 Å². The maximum Gasteiger partial charge on any atom is 0.252 e. The van der Waals surface area contributed by atoms with E-state index in [0.29, 0.717) is 25.1 Å². The van der Waals surface area contributed by atoms with Gasteiger partial charge in [0, 0.05) is 12.2 Å². The van der Waals surface area contributed by atoms with Gasteiger partial charge in [-0.05, 0) is 31.5 Å². The number of unbranched alkanes of at least 4 members (excludes halogenated alkanes) is 1. The quantitative estimate of drug-likeness (QED) is 0.222. The monoisotopic (exact) mass is 467 g/mol. The molecule has 0 saturated heterocycles. The molecule has 7 N–H and O–H groups in total. The normalized spacial score (nSPS) is 10.9. The van der Waals surface area contributed by atoms with Crippen LogP contribution in [0, 0.1) is 0 Å². The van der Waals surface area contributed by atoms with Gasteiger partial charge in [0.15, 0.2) is 0 Å². The number of carbonyl (C=O) groups excluding carboxylic acids is 4. The first-order valence-corrected chi connectivity index (χ1v) is 11.0. The number of amides is 4. The Kier molecular flexibility index (Phi) is 18.1. The van der Waals surface area contributed by atoms with Crippen molar-refractivity contribution in [1.29, 1.82) is 0 Å². The largest absolute Gasteiger partial charge is 0.370 e. The van der Waals surface area contributed by atoms with Crippen LogP contribution in [0.15, 0.2) is 30.3 Å². The van der Waals surface area contributed by atoms with Crippen LogP contribution in [-0.4, -0.2) is 69.2 Å². The van der Waals surface area contributed by atoms with Crippen molar-refractivity contribution in [2.45, 2.75) is 39.2 Å². The van der Waals surface area contributed by atoms with Gasteiger partial charge in [-0.3, -0.25) is 24.5 Å². The number of rotatable bonds is 15. The summed E-state index contributed by atoms with van der Waals surface area (Å²) in [7, 11) is 0. The Balaban J connectivity index is 0.00000497. The molecule has 0 aliphatic heterocycles. The first kappa shape index (κ1) is 30.1. The second-order valence-corrected chi connectivity index (χ2v) is 6.61. The first-order valence-electron chi connectivity index (χ1n) is 11.0. The van der Waals surface area contributed by atoms with Crippen LogP contribution in [0.1, 0.15) is 33.1 Å². The summed E-state index contributed by atoms with van der Waals surface area (Å²) >= 11 is 0. The highest BCUT2D eigenvalue weighted by Crippen LogP contribution is 2.04. The molecule has 1 rings (SSSR count). The first-order chi connectivity index (χ1) is 15.9. The van der Waals surface area contributed by atoms with Crippen LogP contribution >= 0.6 is 0 Å². The summed E-state index contributed by atoms with van der Waals surface area (Å²) in [5.74, 6) is -1.98. The van der Waals surface area contributed by atoms with E-state index in [4.69, 9.17) is 20.9 Å². The lowest BCUT2D eigenvalue weighted by Gasteiger charge is -2.11. The van der Waals surface area contributed by atoms with E-state index in [-0.39, 0.29) is 38.9 Å². The summed E-state index contributed by atoms with van der Waals surface area (Å²) in [5.41, 5.74) is 11.7. The van der Waals surface area contributed by atoms with Gasteiger partial charge in [-0.25, -0.2) is 0 Å². The fraction of sp³-hybridized carbons (Fsp3) is 0.545. The number of nitrogens with one attached hydrogen (secondary N) is 3. The maximum absolute atomic E-state index is 11.7. The topological polar surface area (TPSA) is 175 Å². The summed E-state index contributed by atoms with van der Waals surface area (Å²) in [4.78, 5) is 46.7. The van der Waals surface area contributed by atoms with E-state index in [1.54, 1.807) is 24.3 Å². The molecule has 1 aromatic carbocycles. The average Bonchev–Trinajstić information content (AvgIpc) is 2.80.